The highest BCUT2D eigenvalue weighted by molar-refractivity contribution is 6.32. The van der Waals surface area contributed by atoms with Crippen LogP contribution in [-0.4, -0.2) is 17.1 Å². The van der Waals surface area contributed by atoms with Crippen LogP contribution in [0.3, 0.4) is 0 Å². The maximum Gasteiger partial charge on any atom is 0.341 e. The zero-order valence-corrected chi connectivity index (χ0v) is 9.74. The van der Waals surface area contributed by atoms with E-state index in [9.17, 15) is 4.79 Å². The highest BCUT2D eigenvalue weighted by Crippen LogP contribution is 2.22. The second-order valence-electron chi connectivity index (χ2n) is 4.01. The maximum atomic E-state index is 11.8. The van der Waals surface area contributed by atoms with E-state index in [1.807, 2.05) is 0 Å². The molecule has 0 unspecified atom stereocenters. The Morgan fingerprint density at radius 1 is 1.38 bits per heavy atom. The number of carbonyl (C=O) groups excluding carboxylic acids is 1. The van der Waals surface area contributed by atoms with Crippen molar-refractivity contribution >= 4 is 17.6 Å². The molecule has 0 atom stereocenters. The van der Waals surface area contributed by atoms with E-state index in [1.54, 1.807) is 18.3 Å². The van der Waals surface area contributed by atoms with Crippen LogP contribution in [0.25, 0.3) is 0 Å². The fourth-order valence-electron chi connectivity index (χ4n) is 1.94. The Labute approximate surface area is 99.8 Å². The van der Waals surface area contributed by atoms with E-state index in [-0.39, 0.29) is 17.2 Å². The van der Waals surface area contributed by atoms with E-state index in [0.29, 0.717) is 5.56 Å². The third-order valence-corrected chi connectivity index (χ3v) is 3.11. The minimum Gasteiger partial charge on any atom is -0.459 e. The molecule has 0 radical (unpaired) electrons. The number of nitrogens with zero attached hydrogens (tertiary/aromatic N) is 1. The topological polar surface area (TPSA) is 39.2 Å². The van der Waals surface area contributed by atoms with Crippen molar-refractivity contribution in [2.24, 2.45) is 0 Å². The van der Waals surface area contributed by atoms with E-state index in [0.717, 1.165) is 25.7 Å². The minimum absolute atomic E-state index is 0.0533. The quantitative estimate of drug-likeness (QED) is 0.588. The van der Waals surface area contributed by atoms with Crippen LogP contribution < -0.4 is 0 Å². The van der Waals surface area contributed by atoms with Crippen molar-refractivity contribution in [1.82, 2.24) is 4.98 Å². The monoisotopic (exact) mass is 239 g/mol. The third kappa shape index (κ3) is 2.73. The van der Waals surface area contributed by atoms with E-state index in [2.05, 4.69) is 4.98 Å². The summed E-state index contributed by atoms with van der Waals surface area (Å²) >= 11 is 5.82. The van der Waals surface area contributed by atoms with Gasteiger partial charge in [0.2, 0.25) is 0 Å². The molecule has 1 aromatic heterocycles. The van der Waals surface area contributed by atoms with Crippen molar-refractivity contribution < 1.29 is 9.53 Å². The van der Waals surface area contributed by atoms with Gasteiger partial charge >= 0.3 is 5.97 Å². The number of halogens is 1. The van der Waals surface area contributed by atoms with Gasteiger partial charge in [0.25, 0.3) is 0 Å². The van der Waals surface area contributed by atoms with Crippen LogP contribution in [0.4, 0.5) is 0 Å². The lowest BCUT2D eigenvalue weighted by molar-refractivity contribution is 0.0211. The molecule has 0 aromatic carbocycles. The lowest BCUT2D eigenvalue weighted by Gasteiger charge is -2.21. The van der Waals surface area contributed by atoms with Crippen molar-refractivity contribution in [3.8, 4) is 0 Å². The number of rotatable bonds is 2. The average Bonchev–Trinajstić information content (AvgIpc) is 2.31. The van der Waals surface area contributed by atoms with Crippen molar-refractivity contribution in [2.75, 3.05) is 0 Å². The molecule has 1 aromatic rings. The molecule has 86 valence electrons. The number of carbonyl (C=O) groups is 1. The summed E-state index contributed by atoms with van der Waals surface area (Å²) in [5.41, 5.74) is 0.356. The summed E-state index contributed by atoms with van der Waals surface area (Å²) in [5, 5.41) is 0.211. The number of ether oxygens (including phenoxy) is 1. The van der Waals surface area contributed by atoms with Gasteiger partial charge in [0.1, 0.15) is 11.3 Å². The second kappa shape index (κ2) is 5.30. The van der Waals surface area contributed by atoms with Gasteiger partial charge in [-0.05, 0) is 37.8 Å². The second-order valence-corrected chi connectivity index (χ2v) is 4.37. The van der Waals surface area contributed by atoms with Crippen molar-refractivity contribution in [2.45, 2.75) is 38.2 Å². The normalized spacial score (nSPS) is 17.1. The van der Waals surface area contributed by atoms with Crippen molar-refractivity contribution in [1.29, 1.82) is 0 Å². The highest BCUT2D eigenvalue weighted by atomic mass is 35.5. The molecule has 0 bridgehead atoms. The molecular weight excluding hydrogens is 226 g/mol. The van der Waals surface area contributed by atoms with Crippen LogP contribution in [0.15, 0.2) is 18.3 Å². The van der Waals surface area contributed by atoms with Crippen LogP contribution in [0, 0.1) is 0 Å². The van der Waals surface area contributed by atoms with E-state index < -0.39 is 0 Å². The predicted octanol–water partition coefficient (Wildman–Crippen LogP) is 3.22. The average molecular weight is 240 g/mol. The number of pyridine rings is 1. The molecule has 0 N–H and O–H groups in total. The molecule has 4 heteroatoms. The van der Waals surface area contributed by atoms with Gasteiger partial charge in [-0.2, -0.15) is 0 Å². The van der Waals surface area contributed by atoms with Gasteiger partial charge in [-0.25, -0.2) is 9.78 Å². The van der Waals surface area contributed by atoms with Crippen LogP contribution >= 0.6 is 11.6 Å². The first-order valence-electron chi connectivity index (χ1n) is 5.59. The molecule has 0 spiro atoms. The molecule has 0 saturated heterocycles. The van der Waals surface area contributed by atoms with Gasteiger partial charge in [-0.1, -0.05) is 18.0 Å². The molecule has 1 fully saturated rings. The number of hydrogen-bond acceptors (Lipinski definition) is 3. The van der Waals surface area contributed by atoms with Gasteiger partial charge in [0.05, 0.1) is 5.56 Å². The summed E-state index contributed by atoms with van der Waals surface area (Å²) in [6.45, 7) is 0. The Hall–Kier alpha value is -1.09. The Balaban J connectivity index is 2.00. The van der Waals surface area contributed by atoms with E-state index in [1.165, 1.54) is 6.42 Å². The molecular formula is C12H14ClNO2. The summed E-state index contributed by atoms with van der Waals surface area (Å²) in [7, 11) is 0. The minimum atomic E-state index is -0.356. The zero-order valence-electron chi connectivity index (χ0n) is 8.99. The van der Waals surface area contributed by atoms with Crippen LogP contribution in [0.1, 0.15) is 42.5 Å². The summed E-state index contributed by atoms with van der Waals surface area (Å²) in [5.74, 6) is -0.356. The predicted molar refractivity (Wildman–Crippen MR) is 61.5 cm³/mol. The van der Waals surface area contributed by atoms with Gasteiger partial charge in [-0.15, -0.1) is 0 Å². The van der Waals surface area contributed by atoms with Crippen LogP contribution in [-0.2, 0) is 4.74 Å². The molecule has 2 rings (SSSR count). The lowest BCUT2D eigenvalue weighted by Crippen LogP contribution is -2.21. The standard InChI is InChI=1S/C12H14ClNO2/c13-11-10(7-4-8-14-11)12(15)16-9-5-2-1-3-6-9/h4,7-9H,1-3,5-6H2. The molecule has 1 aliphatic rings. The molecule has 0 amide bonds. The van der Waals surface area contributed by atoms with Gasteiger partial charge in [0, 0.05) is 6.20 Å². The Bertz CT molecular complexity index is 375. The van der Waals surface area contributed by atoms with Gasteiger partial charge in [0.15, 0.2) is 0 Å². The summed E-state index contributed by atoms with van der Waals surface area (Å²) < 4.78 is 5.39. The van der Waals surface area contributed by atoms with E-state index in [4.69, 9.17) is 16.3 Å². The SMILES string of the molecule is O=C(OC1CCCCC1)c1cccnc1Cl. The molecule has 1 saturated carbocycles. The van der Waals surface area contributed by atoms with Crippen molar-refractivity contribution in [3.63, 3.8) is 0 Å². The van der Waals surface area contributed by atoms with E-state index >= 15 is 0 Å². The van der Waals surface area contributed by atoms with Crippen molar-refractivity contribution in [3.05, 3.63) is 29.0 Å². The molecule has 0 aliphatic heterocycles. The molecule has 1 heterocycles. The molecule has 16 heavy (non-hydrogen) atoms. The maximum absolute atomic E-state index is 11.8. The highest BCUT2D eigenvalue weighted by Gasteiger charge is 2.20. The zero-order chi connectivity index (χ0) is 11.4. The van der Waals surface area contributed by atoms with Gasteiger partial charge in [-0.3, -0.25) is 0 Å². The fraction of sp³-hybridized carbons (Fsp3) is 0.500. The largest absolute Gasteiger partial charge is 0.459 e. The number of aromatic nitrogens is 1. The van der Waals surface area contributed by atoms with Gasteiger partial charge < -0.3 is 4.74 Å². The first-order valence-corrected chi connectivity index (χ1v) is 5.96. The smallest absolute Gasteiger partial charge is 0.341 e. The van der Waals surface area contributed by atoms with Crippen LogP contribution in [0.5, 0.6) is 0 Å². The Kier molecular flexibility index (Phi) is 3.78. The summed E-state index contributed by atoms with van der Waals surface area (Å²) in [6, 6.07) is 3.32. The first kappa shape index (κ1) is 11.4. The lowest BCUT2D eigenvalue weighted by atomic mass is 9.98. The fourth-order valence-corrected chi connectivity index (χ4v) is 2.13. The van der Waals surface area contributed by atoms with Crippen LogP contribution in [0.2, 0.25) is 5.15 Å². The Morgan fingerprint density at radius 2 is 2.12 bits per heavy atom. The number of hydrogen-bond donors (Lipinski definition) is 0. The third-order valence-electron chi connectivity index (χ3n) is 2.80. The Morgan fingerprint density at radius 3 is 2.81 bits per heavy atom. The molecule has 1 aliphatic carbocycles. The summed E-state index contributed by atoms with van der Waals surface area (Å²) in [6.07, 6.45) is 7.05. The first-order chi connectivity index (χ1) is 7.77. The summed E-state index contributed by atoms with van der Waals surface area (Å²) in [4.78, 5) is 15.6. The molecule has 3 nitrogen and oxygen atoms in total. The number of esters is 1.